The van der Waals surface area contributed by atoms with Crippen molar-refractivity contribution in [2.24, 2.45) is 0 Å². The zero-order chi connectivity index (χ0) is 24.2. The van der Waals surface area contributed by atoms with Crippen molar-refractivity contribution in [1.29, 1.82) is 0 Å². The number of rotatable bonds is 8. The third-order valence-electron chi connectivity index (χ3n) is 5.72. The molecule has 0 aliphatic rings. The lowest BCUT2D eigenvalue weighted by Gasteiger charge is -2.25. The van der Waals surface area contributed by atoms with Gasteiger partial charge in [-0.25, -0.2) is 18.9 Å². The molecule has 0 saturated carbocycles. The fourth-order valence-electron chi connectivity index (χ4n) is 3.32. The smallest absolute Gasteiger partial charge is 0.264 e. The maximum Gasteiger partial charge on any atom is 0.264 e. The number of carbonyl (C=O) groups excluding carboxylic acids is 1. The number of nitrogens with one attached hydrogen (secondary N) is 1. The number of benzene rings is 1. The van der Waals surface area contributed by atoms with Crippen molar-refractivity contribution in [2.75, 3.05) is 13.4 Å². The topological polar surface area (TPSA) is 128 Å². The van der Waals surface area contributed by atoms with Crippen LogP contribution in [0.2, 0.25) is 0 Å². The summed E-state index contributed by atoms with van der Waals surface area (Å²) in [5.41, 5.74) is 4.50. The molecule has 1 amide bonds. The highest BCUT2D eigenvalue weighted by molar-refractivity contribution is 7.92. The predicted molar refractivity (Wildman–Crippen MR) is 124 cm³/mol. The summed E-state index contributed by atoms with van der Waals surface area (Å²) >= 11 is 0. The van der Waals surface area contributed by atoms with Gasteiger partial charge in [-0.3, -0.25) is 14.8 Å². The van der Waals surface area contributed by atoms with Crippen molar-refractivity contribution in [3.8, 4) is 28.1 Å². The van der Waals surface area contributed by atoms with E-state index in [0.29, 0.717) is 11.4 Å². The molecule has 3 aromatic rings. The average Bonchev–Trinajstić information content (AvgIpc) is 2.82. The molecule has 2 heterocycles. The first-order valence-electron chi connectivity index (χ1n) is 10.0. The average molecular weight is 472 g/mol. The molecule has 174 valence electrons. The number of hydroxylamine groups is 1. The van der Waals surface area contributed by atoms with Gasteiger partial charge < -0.3 is 9.30 Å². The van der Waals surface area contributed by atoms with Crippen molar-refractivity contribution in [2.45, 2.75) is 24.6 Å². The highest BCUT2D eigenvalue weighted by atomic mass is 32.2. The van der Waals surface area contributed by atoms with Crippen LogP contribution in [0.1, 0.15) is 13.3 Å². The van der Waals surface area contributed by atoms with Crippen molar-refractivity contribution in [3.63, 3.8) is 0 Å². The molecular formula is C23H25N3O6S. The Morgan fingerprint density at radius 1 is 1.09 bits per heavy atom. The third kappa shape index (κ3) is 5.12. The fourth-order valence-corrected chi connectivity index (χ4v) is 4.16. The summed E-state index contributed by atoms with van der Waals surface area (Å²) in [7, 11) is -2.28. The molecule has 0 aliphatic heterocycles. The van der Waals surface area contributed by atoms with E-state index in [4.69, 9.17) is 9.94 Å². The SMILES string of the molecule is COc1ccc(-c2ccc(-c3ccn(CC[C@](C)(C(=O)NO)S(C)(=O)=O)c(=O)c3)cc2)cn1. The minimum Gasteiger partial charge on any atom is -0.481 e. The third-order valence-corrected chi connectivity index (χ3v) is 7.75. The lowest BCUT2D eigenvalue weighted by molar-refractivity contribution is -0.131. The number of nitrogens with zero attached hydrogens (tertiary/aromatic N) is 2. The molecule has 0 bridgehead atoms. The Balaban J connectivity index is 1.79. The molecule has 33 heavy (non-hydrogen) atoms. The van der Waals surface area contributed by atoms with E-state index < -0.39 is 20.5 Å². The molecule has 0 unspecified atom stereocenters. The number of hydrogen-bond donors (Lipinski definition) is 2. The van der Waals surface area contributed by atoms with Gasteiger partial charge in [-0.15, -0.1) is 0 Å². The molecule has 2 aromatic heterocycles. The van der Waals surface area contributed by atoms with E-state index in [1.165, 1.54) is 23.0 Å². The number of sulfone groups is 1. The fraction of sp³-hybridized carbons (Fsp3) is 0.261. The molecule has 0 radical (unpaired) electrons. The van der Waals surface area contributed by atoms with Gasteiger partial charge in [-0.05, 0) is 42.2 Å². The van der Waals surface area contributed by atoms with Crippen molar-refractivity contribution in [3.05, 3.63) is 71.3 Å². The van der Waals surface area contributed by atoms with Gasteiger partial charge in [0.2, 0.25) is 5.88 Å². The Bertz CT molecular complexity index is 1300. The van der Waals surface area contributed by atoms with Crippen LogP contribution >= 0.6 is 0 Å². The number of ether oxygens (including phenoxy) is 1. The Morgan fingerprint density at radius 3 is 2.18 bits per heavy atom. The molecule has 9 nitrogen and oxygen atoms in total. The summed E-state index contributed by atoms with van der Waals surface area (Å²) in [5, 5.41) is 8.92. The predicted octanol–water partition coefficient (Wildman–Crippen LogP) is 2.28. The van der Waals surface area contributed by atoms with Crippen LogP contribution in [-0.2, 0) is 21.2 Å². The highest BCUT2D eigenvalue weighted by Gasteiger charge is 2.43. The molecule has 0 spiro atoms. The number of methoxy groups -OCH3 is 1. The molecular weight excluding hydrogens is 446 g/mol. The maximum absolute atomic E-state index is 12.6. The molecule has 0 fully saturated rings. The van der Waals surface area contributed by atoms with E-state index in [9.17, 15) is 18.0 Å². The van der Waals surface area contributed by atoms with Crippen molar-refractivity contribution >= 4 is 15.7 Å². The second kappa shape index (κ2) is 9.55. The Kier molecular flexibility index (Phi) is 6.99. The minimum absolute atomic E-state index is 0.0144. The minimum atomic E-state index is -3.84. The number of amides is 1. The van der Waals surface area contributed by atoms with E-state index in [-0.39, 0.29) is 18.5 Å². The van der Waals surface area contributed by atoms with E-state index in [0.717, 1.165) is 22.9 Å². The molecule has 0 saturated heterocycles. The maximum atomic E-state index is 12.6. The van der Waals surface area contributed by atoms with Gasteiger partial charge in [0.15, 0.2) is 14.6 Å². The molecule has 10 heteroatoms. The number of carbonyl (C=O) groups is 1. The molecule has 0 aliphatic carbocycles. The van der Waals surface area contributed by atoms with Gasteiger partial charge in [0.25, 0.3) is 11.5 Å². The first-order valence-corrected chi connectivity index (χ1v) is 11.9. The van der Waals surface area contributed by atoms with Gasteiger partial charge in [-0.2, -0.15) is 0 Å². The van der Waals surface area contributed by atoms with Crippen LogP contribution in [0, 0.1) is 0 Å². The van der Waals surface area contributed by atoms with Crippen LogP contribution in [0.25, 0.3) is 22.3 Å². The van der Waals surface area contributed by atoms with Crippen LogP contribution in [0.3, 0.4) is 0 Å². The summed E-state index contributed by atoms with van der Waals surface area (Å²) in [4.78, 5) is 28.8. The zero-order valence-electron chi connectivity index (χ0n) is 18.5. The Hall–Kier alpha value is -3.50. The number of aryl methyl sites for hydroxylation is 1. The summed E-state index contributed by atoms with van der Waals surface area (Å²) < 4.78 is 28.7. The molecule has 1 aromatic carbocycles. The number of pyridine rings is 2. The van der Waals surface area contributed by atoms with E-state index in [1.54, 1.807) is 31.6 Å². The summed E-state index contributed by atoms with van der Waals surface area (Å²) in [6, 6.07) is 14.5. The van der Waals surface area contributed by atoms with Gasteiger partial charge in [0.1, 0.15) is 0 Å². The molecule has 2 N–H and O–H groups in total. The Morgan fingerprint density at radius 2 is 1.70 bits per heavy atom. The van der Waals surface area contributed by atoms with E-state index in [2.05, 4.69) is 4.98 Å². The van der Waals surface area contributed by atoms with Gasteiger partial charge >= 0.3 is 0 Å². The zero-order valence-corrected chi connectivity index (χ0v) is 19.3. The van der Waals surface area contributed by atoms with Crippen LogP contribution in [-0.4, -0.2) is 47.2 Å². The lowest BCUT2D eigenvalue weighted by Crippen LogP contribution is -2.49. The van der Waals surface area contributed by atoms with Crippen molar-refractivity contribution < 1.29 is 23.2 Å². The summed E-state index contributed by atoms with van der Waals surface area (Å²) in [6.07, 6.45) is 4.01. The number of hydrogen-bond acceptors (Lipinski definition) is 7. The first kappa shape index (κ1) is 24.1. The second-order valence-corrected chi connectivity index (χ2v) is 10.3. The van der Waals surface area contributed by atoms with Crippen molar-refractivity contribution in [1.82, 2.24) is 15.0 Å². The first-order chi connectivity index (χ1) is 15.6. The van der Waals surface area contributed by atoms with Crippen LogP contribution in [0.4, 0.5) is 0 Å². The quantitative estimate of drug-likeness (QED) is 0.381. The standard InChI is InChI=1S/C23H25N3O6S/c1-23(22(28)25-29,33(3,30)31)11-13-26-12-10-18(14-21(26)27)16-4-6-17(7-5-16)19-8-9-20(32-2)24-15-19/h4-10,12,14-15,29H,11,13H2,1-3H3,(H,25,28)/t23-/m1/s1. The van der Waals surface area contributed by atoms with Crippen LogP contribution < -0.4 is 15.8 Å². The second-order valence-electron chi connectivity index (χ2n) is 7.81. The molecule has 3 rings (SSSR count). The monoisotopic (exact) mass is 471 g/mol. The summed E-state index contributed by atoms with van der Waals surface area (Å²) in [5.74, 6) is -0.508. The van der Waals surface area contributed by atoms with E-state index in [1.807, 2.05) is 30.3 Å². The van der Waals surface area contributed by atoms with Gasteiger partial charge in [0.05, 0.1) is 7.11 Å². The Labute approximate surface area is 191 Å². The largest absolute Gasteiger partial charge is 0.481 e. The van der Waals surface area contributed by atoms with Gasteiger partial charge in [-0.1, -0.05) is 24.3 Å². The number of aromatic nitrogens is 2. The lowest BCUT2D eigenvalue weighted by atomic mass is 10.0. The van der Waals surface area contributed by atoms with Gasteiger partial charge in [0, 0.05) is 42.9 Å². The van der Waals surface area contributed by atoms with Crippen LogP contribution in [0.5, 0.6) is 5.88 Å². The van der Waals surface area contributed by atoms with Crippen LogP contribution in [0.15, 0.2) is 65.7 Å². The highest BCUT2D eigenvalue weighted by Crippen LogP contribution is 2.25. The van der Waals surface area contributed by atoms with E-state index >= 15 is 0 Å². The molecule has 1 atom stereocenters. The normalized spacial score (nSPS) is 13.2. The summed E-state index contributed by atoms with van der Waals surface area (Å²) in [6.45, 7) is 1.20.